The Hall–Kier alpha value is -1.05. The molecule has 0 heterocycles. The predicted octanol–water partition coefficient (Wildman–Crippen LogP) is 3.04. The number of rotatable bonds is 6. The Morgan fingerprint density at radius 3 is 2.65 bits per heavy atom. The zero-order valence-electron chi connectivity index (χ0n) is 10.2. The highest BCUT2D eigenvalue weighted by Gasteiger charge is 2.05. The lowest BCUT2D eigenvalue weighted by Crippen LogP contribution is -2.28. The van der Waals surface area contributed by atoms with Crippen LogP contribution in [0.15, 0.2) is 22.7 Å². The van der Waals surface area contributed by atoms with Crippen molar-refractivity contribution in [3.63, 3.8) is 0 Å². The van der Waals surface area contributed by atoms with Crippen LogP contribution in [0.5, 0.6) is 5.75 Å². The summed E-state index contributed by atoms with van der Waals surface area (Å²) in [5, 5.41) is 8.98. The van der Waals surface area contributed by atoms with Crippen molar-refractivity contribution in [2.75, 3.05) is 26.2 Å². The molecule has 0 spiro atoms. The molecule has 0 aliphatic heterocycles. The lowest BCUT2D eigenvalue weighted by molar-refractivity contribution is 0.222. The molecule has 3 nitrogen and oxygen atoms in total. The van der Waals surface area contributed by atoms with E-state index in [1.807, 2.05) is 12.1 Å². The Kier molecular flexibility index (Phi) is 6.03. The van der Waals surface area contributed by atoms with Gasteiger partial charge in [-0.25, -0.2) is 0 Å². The first-order valence-corrected chi connectivity index (χ1v) is 6.55. The molecule has 4 heteroatoms. The van der Waals surface area contributed by atoms with E-state index in [9.17, 15) is 0 Å². The van der Waals surface area contributed by atoms with Crippen LogP contribution >= 0.6 is 15.9 Å². The second kappa shape index (κ2) is 7.31. The highest BCUT2D eigenvalue weighted by Crippen LogP contribution is 2.22. The van der Waals surface area contributed by atoms with Gasteiger partial charge < -0.3 is 9.64 Å². The molecular weight excluding hydrogens is 280 g/mol. The van der Waals surface area contributed by atoms with E-state index in [-0.39, 0.29) is 0 Å². The molecule has 1 aromatic rings. The summed E-state index contributed by atoms with van der Waals surface area (Å²) in [5.41, 5.74) is 0.568. The molecule has 0 aliphatic carbocycles. The van der Waals surface area contributed by atoms with Crippen LogP contribution in [0, 0.1) is 11.3 Å². The van der Waals surface area contributed by atoms with Gasteiger partial charge in [0, 0.05) is 11.0 Å². The lowest BCUT2D eigenvalue weighted by Gasteiger charge is -2.18. The second-order valence-corrected chi connectivity index (χ2v) is 4.54. The van der Waals surface area contributed by atoms with Crippen molar-refractivity contribution in [2.24, 2.45) is 0 Å². The maximum Gasteiger partial charge on any atom is 0.137 e. The molecule has 92 valence electrons. The van der Waals surface area contributed by atoms with Crippen LogP contribution in [0.4, 0.5) is 0 Å². The molecule has 1 aromatic carbocycles. The first kappa shape index (κ1) is 14.0. The van der Waals surface area contributed by atoms with Crippen LogP contribution in [0.25, 0.3) is 0 Å². The molecule has 0 amide bonds. The maximum absolute atomic E-state index is 8.98. The minimum atomic E-state index is 0.568. The van der Waals surface area contributed by atoms with Crippen LogP contribution in [-0.4, -0.2) is 31.1 Å². The SMILES string of the molecule is CCN(CC)CCOc1ccc(Br)cc1C#N. The number of hydrogen-bond acceptors (Lipinski definition) is 3. The molecule has 0 bridgehead atoms. The maximum atomic E-state index is 8.98. The summed E-state index contributed by atoms with van der Waals surface area (Å²) in [6, 6.07) is 7.61. The molecule has 0 saturated heterocycles. The number of halogens is 1. The Bertz CT molecular complexity index is 397. The van der Waals surface area contributed by atoms with E-state index in [0.717, 1.165) is 24.1 Å². The van der Waals surface area contributed by atoms with Gasteiger partial charge in [0.1, 0.15) is 18.4 Å². The molecule has 0 fully saturated rings. The number of nitriles is 1. The third-order valence-corrected chi connectivity index (χ3v) is 3.11. The molecular formula is C13H17BrN2O. The summed E-state index contributed by atoms with van der Waals surface area (Å²) < 4.78 is 6.53. The van der Waals surface area contributed by atoms with Crippen LogP contribution in [0.3, 0.4) is 0 Å². The van der Waals surface area contributed by atoms with E-state index in [1.165, 1.54) is 0 Å². The third kappa shape index (κ3) is 4.37. The van der Waals surface area contributed by atoms with Crippen LogP contribution in [-0.2, 0) is 0 Å². The normalized spacial score (nSPS) is 10.3. The second-order valence-electron chi connectivity index (χ2n) is 3.63. The van der Waals surface area contributed by atoms with Crippen LogP contribution in [0.1, 0.15) is 19.4 Å². The third-order valence-electron chi connectivity index (χ3n) is 2.62. The quantitative estimate of drug-likeness (QED) is 0.809. The van der Waals surface area contributed by atoms with Crippen molar-refractivity contribution in [3.8, 4) is 11.8 Å². The summed E-state index contributed by atoms with van der Waals surface area (Å²) in [6.45, 7) is 7.79. The first-order chi connectivity index (χ1) is 8.21. The average molecular weight is 297 g/mol. The van der Waals surface area contributed by atoms with Gasteiger partial charge in [0.25, 0.3) is 0 Å². The minimum Gasteiger partial charge on any atom is -0.491 e. The zero-order chi connectivity index (χ0) is 12.7. The van der Waals surface area contributed by atoms with Crippen molar-refractivity contribution < 1.29 is 4.74 Å². The molecule has 0 aromatic heterocycles. The fourth-order valence-electron chi connectivity index (χ4n) is 1.54. The molecule has 0 radical (unpaired) electrons. The van der Waals surface area contributed by atoms with E-state index >= 15 is 0 Å². The Morgan fingerprint density at radius 1 is 1.35 bits per heavy atom. The van der Waals surface area contributed by atoms with Crippen molar-refractivity contribution in [1.29, 1.82) is 5.26 Å². The van der Waals surface area contributed by atoms with Gasteiger partial charge in [0.15, 0.2) is 0 Å². The van der Waals surface area contributed by atoms with Gasteiger partial charge in [-0.15, -0.1) is 0 Å². The predicted molar refractivity (Wildman–Crippen MR) is 72.1 cm³/mol. The zero-order valence-corrected chi connectivity index (χ0v) is 11.8. The molecule has 17 heavy (non-hydrogen) atoms. The minimum absolute atomic E-state index is 0.568. The molecule has 0 saturated carbocycles. The number of likely N-dealkylation sites (N-methyl/N-ethyl adjacent to an activating group) is 1. The Morgan fingerprint density at radius 2 is 2.06 bits per heavy atom. The van der Waals surface area contributed by atoms with E-state index in [4.69, 9.17) is 10.00 Å². The lowest BCUT2D eigenvalue weighted by atomic mass is 10.2. The summed E-state index contributed by atoms with van der Waals surface area (Å²) in [4.78, 5) is 2.28. The average Bonchev–Trinajstić information content (AvgIpc) is 2.36. The number of benzene rings is 1. The fraction of sp³-hybridized carbons (Fsp3) is 0.462. The van der Waals surface area contributed by atoms with Gasteiger partial charge in [-0.05, 0) is 31.3 Å². The van der Waals surface area contributed by atoms with E-state index in [0.29, 0.717) is 17.9 Å². The van der Waals surface area contributed by atoms with Crippen LogP contribution in [0.2, 0.25) is 0 Å². The van der Waals surface area contributed by atoms with E-state index < -0.39 is 0 Å². The summed E-state index contributed by atoms with van der Waals surface area (Å²) in [5.74, 6) is 0.655. The van der Waals surface area contributed by atoms with E-state index in [2.05, 4.69) is 40.7 Å². The first-order valence-electron chi connectivity index (χ1n) is 5.76. The van der Waals surface area contributed by atoms with Crippen molar-refractivity contribution >= 4 is 15.9 Å². The number of ether oxygens (including phenoxy) is 1. The highest BCUT2D eigenvalue weighted by atomic mass is 79.9. The van der Waals surface area contributed by atoms with Crippen molar-refractivity contribution in [1.82, 2.24) is 4.90 Å². The highest BCUT2D eigenvalue weighted by molar-refractivity contribution is 9.10. The van der Waals surface area contributed by atoms with Crippen molar-refractivity contribution in [3.05, 3.63) is 28.2 Å². The number of hydrogen-bond donors (Lipinski definition) is 0. The topological polar surface area (TPSA) is 36.3 Å². The van der Waals surface area contributed by atoms with Gasteiger partial charge in [0.2, 0.25) is 0 Å². The molecule has 0 N–H and O–H groups in total. The monoisotopic (exact) mass is 296 g/mol. The van der Waals surface area contributed by atoms with Gasteiger partial charge in [-0.2, -0.15) is 5.26 Å². The van der Waals surface area contributed by atoms with Gasteiger partial charge >= 0.3 is 0 Å². The standard InChI is InChI=1S/C13H17BrN2O/c1-3-16(4-2)7-8-17-13-6-5-12(14)9-11(13)10-15/h5-6,9H,3-4,7-8H2,1-2H3. The van der Waals surface area contributed by atoms with Crippen LogP contribution < -0.4 is 4.74 Å². The van der Waals surface area contributed by atoms with E-state index in [1.54, 1.807) is 6.07 Å². The van der Waals surface area contributed by atoms with Crippen molar-refractivity contribution in [2.45, 2.75) is 13.8 Å². The molecule has 0 atom stereocenters. The molecule has 0 unspecified atom stereocenters. The molecule has 1 rings (SSSR count). The fourth-order valence-corrected chi connectivity index (χ4v) is 1.90. The summed E-state index contributed by atoms with van der Waals surface area (Å²) in [7, 11) is 0. The smallest absolute Gasteiger partial charge is 0.137 e. The van der Waals surface area contributed by atoms with Gasteiger partial charge in [-0.1, -0.05) is 29.8 Å². The Labute approximate surface area is 111 Å². The number of nitrogens with zero attached hydrogens (tertiary/aromatic N) is 2. The summed E-state index contributed by atoms with van der Waals surface area (Å²) >= 11 is 3.34. The summed E-state index contributed by atoms with van der Waals surface area (Å²) in [6.07, 6.45) is 0. The largest absolute Gasteiger partial charge is 0.491 e. The Balaban J connectivity index is 2.55. The van der Waals surface area contributed by atoms with Gasteiger partial charge in [0.05, 0.1) is 5.56 Å². The van der Waals surface area contributed by atoms with Gasteiger partial charge in [-0.3, -0.25) is 0 Å². The molecule has 0 aliphatic rings.